The molecule has 2 aromatic heterocycles. The quantitative estimate of drug-likeness (QED) is 0.781. The molecule has 0 aliphatic rings. The highest BCUT2D eigenvalue weighted by Crippen LogP contribution is 2.04. The summed E-state index contributed by atoms with van der Waals surface area (Å²) in [5.74, 6) is 0. The molecule has 0 aliphatic heterocycles. The van der Waals surface area contributed by atoms with E-state index in [1.807, 2.05) is 0 Å². The van der Waals surface area contributed by atoms with Gasteiger partial charge in [0.15, 0.2) is 11.2 Å². The number of aliphatic hydroxyl groups is 1. The molecule has 7 nitrogen and oxygen atoms in total. The Hall–Kier alpha value is -1.89. The maximum Gasteiger partial charge on any atom is 0.332 e. The van der Waals surface area contributed by atoms with Gasteiger partial charge in [-0.15, -0.1) is 0 Å². The van der Waals surface area contributed by atoms with E-state index in [4.69, 9.17) is 1.37 Å². The van der Waals surface area contributed by atoms with Crippen molar-refractivity contribution in [1.82, 2.24) is 18.7 Å². The van der Waals surface area contributed by atoms with E-state index in [0.29, 0.717) is 30.4 Å². The van der Waals surface area contributed by atoms with Gasteiger partial charge in [-0.3, -0.25) is 13.9 Å². The molecule has 0 unspecified atom stereocenters. The second-order valence-corrected chi connectivity index (χ2v) is 5.02. The van der Waals surface area contributed by atoms with Gasteiger partial charge in [0.2, 0.25) is 0 Å². The SMILES string of the molecule is [2H][C@@](C)(O)CCCCn1c(=O)c2c(ncn2C)n(C)c1=O. The van der Waals surface area contributed by atoms with Gasteiger partial charge < -0.3 is 9.67 Å². The van der Waals surface area contributed by atoms with Crippen molar-refractivity contribution in [2.24, 2.45) is 14.1 Å². The summed E-state index contributed by atoms with van der Waals surface area (Å²) in [5, 5.41) is 9.34. The third kappa shape index (κ3) is 2.53. The maximum absolute atomic E-state index is 12.4. The fourth-order valence-electron chi connectivity index (χ4n) is 2.24. The van der Waals surface area contributed by atoms with Crippen molar-refractivity contribution in [3.05, 3.63) is 27.2 Å². The van der Waals surface area contributed by atoms with Crippen LogP contribution in [0.2, 0.25) is 0 Å². The normalized spacial score (nSPS) is 15.3. The molecule has 2 aromatic rings. The topological polar surface area (TPSA) is 82.1 Å². The minimum absolute atomic E-state index is 0.267. The summed E-state index contributed by atoms with van der Waals surface area (Å²) >= 11 is 0. The Morgan fingerprint density at radius 2 is 2.10 bits per heavy atom. The number of hydrogen-bond donors (Lipinski definition) is 1. The van der Waals surface area contributed by atoms with Gasteiger partial charge in [-0.05, 0) is 26.2 Å². The van der Waals surface area contributed by atoms with Crippen LogP contribution in [0.15, 0.2) is 15.9 Å². The number of hydrogen-bond acceptors (Lipinski definition) is 4. The molecule has 0 saturated carbocycles. The number of imidazole rings is 1. The zero-order chi connectivity index (χ0) is 15.8. The Kier molecular flexibility index (Phi) is 3.68. The number of aromatic nitrogens is 4. The van der Waals surface area contributed by atoms with Crippen LogP contribution in [0.5, 0.6) is 0 Å². The highest BCUT2D eigenvalue weighted by atomic mass is 16.3. The average molecular weight is 281 g/mol. The van der Waals surface area contributed by atoms with Crippen molar-refractivity contribution in [2.45, 2.75) is 38.8 Å². The zero-order valence-electron chi connectivity index (χ0n) is 13.0. The summed E-state index contributed by atoms with van der Waals surface area (Å²) in [6.45, 7) is 1.68. The van der Waals surface area contributed by atoms with Crippen LogP contribution < -0.4 is 11.2 Å². The van der Waals surface area contributed by atoms with Gasteiger partial charge in [0.1, 0.15) is 0 Å². The molecule has 20 heavy (non-hydrogen) atoms. The molecule has 0 saturated heterocycles. The number of rotatable bonds is 5. The predicted molar refractivity (Wildman–Crippen MR) is 75.7 cm³/mol. The first-order chi connectivity index (χ1) is 9.72. The Balaban J connectivity index is 2.30. The Morgan fingerprint density at radius 3 is 2.75 bits per heavy atom. The van der Waals surface area contributed by atoms with Crippen LogP contribution in [0.25, 0.3) is 11.2 Å². The van der Waals surface area contributed by atoms with Crippen molar-refractivity contribution in [3.8, 4) is 0 Å². The summed E-state index contributed by atoms with van der Waals surface area (Å²) in [7, 11) is 3.30. The molecule has 0 aromatic carbocycles. The van der Waals surface area contributed by atoms with Gasteiger partial charge in [0.25, 0.3) is 5.56 Å². The maximum atomic E-state index is 12.4. The molecule has 2 heterocycles. The van der Waals surface area contributed by atoms with Crippen LogP contribution in [0.4, 0.5) is 0 Å². The molecule has 0 fully saturated rings. The third-order valence-corrected chi connectivity index (χ3v) is 3.37. The summed E-state index contributed by atoms with van der Waals surface area (Å²) in [6.07, 6.45) is 1.45. The van der Waals surface area contributed by atoms with Gasteiger partial charge in [-0.1, -0.05) is 0 Å². The van der Waals surface area contributed by atoms with E-state index >= 15 is 0 Å². The Morgan fingerprint density at radius 1 is 1.40 bits per heavy atom. The highest BCUT2D eigenvalue weighted by Gasteiger charge is 2.14. The van der Waals surface area contributed by atoms with Crippen LogP contribution >= 0.6 is 0 Å². The summed E-state index contributed by atoms with van der Waals surface area (Å²) < 4.78 is 11.5. The van der Waals surface area contributed by atoms with E-state index < -0.39 is 11.8 Å². The molecular formula is C13H20N4O3. The lowest BCUT2D eigenvalue weighted by molar-refractivity contribution is 0.180. The molecule has 1 atom stereocenters. The van der Waals surface area contributed by atoms with E-state index in [1.54, 1.807) is 18.7 Å². The molecule has 2 rings (SSSR count). The Bertz CT molecular complexity index is 767. The minimum atomic E-state index is -1.47. The van der Waals surface area contributed by atoms with E-state index in [1.165, 1.54) is 22.4 Å². The van der Waals surface area contributed by atoms with Crippen LogP contribution in [-0.4, -0.2) is 29.9 Å². The van der Waals surface area contributed by atoms with Gasteiger partial charge in [-0.25, -0.2) is 9.78 Å². The van der Waals surface area contributed by atoms with E-state index in [2.05, 4.69) is 4.98 Å². The van der Waals surface area contributed by atoms with E-state index in [9.17, 15) is 14.7 Å². The highest BCUT2D eigenvalue weighted by molar-refractivity contribution is 5.69. The number of fused-ring (bicyclic) bond motifs is 1. The first kappa shape index (κ1) is 13.1. The minimum Gasteiger partial charge on any atom is -0.393 e. The van der Waals surface area contributed by atoms with E-state index in [-0.39, 0.29) is 12.1 Å². The molecule has 0 spiro atoms. The van der Waals surface area contributed by atoms with Gasteiger partial charge in [0, 0.05) is 20.6 Å². The van der Waals surface area contributed by atoms with Crippen LogP contribution in [-0.2, 0) is 20.6 Å². The molecule has 0 amide bonds. The smallest absolute Gasteiger partial charge is 0.332 e. The predicted octanol–water partition coefficient (Wildman–Crippen LogP) is -0.0152. The van der Waals surface area contributed by atoms with Crippen molar-refractivity contribution < 1.29 is 6.48 Å². The molecule has 0 aliphatic carbocycles. The standard InChI is InChI=1S/C13H20N4O3/c1-9(18)6-4-5-7-17-12(19)10-11(14-8-15(10)2)16(3)13(17)20/h8-9,18H,4-7H2,1-3H3/t9-/m0/s1/i9D. The third-order valence-electron chi connectivity index (χ3n) is 3.37. The van der Waals surface area contributed by atoms with Crippen LogP contribution in [0.1, 0.15) is 27.6 Å². The second kappa shape index (κ2) is 5.62. The molecule has 110 valence electrons. The Labute approximate surface area is 117 Å². The lowest BCUT2D eigenvalue weighted by atomic mass is 10.2. The van der Waals surface area contributed by atoms with Crippen LogP contribution in [0.3, 0.4) is 0 Å². The molecule has 7 heteroatoms. The van der Waals surface area contributed by atoms with Crippen molar-refractivity contribution in [2.75, 3.05) is 0 Å². The molecule has 0 radical (unpaired) electrons. The summed E-state index contributed by atoms with van der Waals surface area (Å²) in [4.78, 5) is 28.6. The lowest BCUT2D eigenvalue weighted by Gasteiger charge is -2.09. The first-order valence-corrected chi connectivity index (χ1v) is 6.55. The summed E-state index contributed by atoms with van der Waals surface area (Å²) in [5.41, 5.74) is 0.0111. The van der Waals surface area contributed by atoms with Crippen molar-refractivity contribution >= 4 is 11.2 Å². The number of unbranched alkanes of at least 4 members (excludes halogenated alkanes) is 1. The largest absolute Gasteiger partial charge is 0.393 e. The monoisotopic (exact) mass is 281 g/mol. The zero-order valence-corrected chi connectivity index (χ0v) is 12.0. The first-order valence-electron chi connectivity index (χ1n) is 7.05. The van der Waals surface area contributed by atoms with Gasteiger partial charge in [-0.2, -0.15) is 0 Å². The number of aryl methyl sites for hydroxylation is 2. The van der Waals surface area contributed by atoms with Crippen LogP contribution in [0, 0.1) is 0 Å². The van der Waals surface area contributed by atoms with Crippen molar-refractivity contribution in [1.29, 1.82) is 0 Å². The average Bonchev–Trinajstić information content (AvgIpc) is 2.76. The number of nitrogens with zero attached hydrogens (tertiary/aromatic N) is 4. The van der Waals surface area contributed by atoms with E-state index in [0.717, 1.165) is 0 Å². The lowest BCUT2D eigenvalue weighted by Crippen LogP contribution is -2.39. The molecular weight excluding hydrogens is 260 g/mol. The summed E-state index contributed by atoms with van der Waals surface area (Å²) in [6, 6.07) is 0. The molecule has 1 N–H and O–H groups in total. The van der Waals surface area contributed by atoms with Gasteiger partial charge in [0.05, 0.1) is 13.8 Å². The van der Waals surface area contributed by atoms with Gasteiger partial charge >= 0.3 is 5.69 Å². The fourth-order valence-corrected chi connectivity index (χ4v) is 2.24. The van der Waals surface area contributed by atoms with Crippen molar-refractivity contribution in [3.63, 3.8) is 0 Å². The molecule has 0 bridgehead atoms. The fraction of sp³-hybridized carbons (Fsp3) is 0.615. The second-order valence-electron chi connectivity index (χ2n) is 5.02.